The van der Waals surface area contributed by atoms with Crippen molar-refractivity contribution in [1.29, 1.82) is 0 Å². The van der Waals surface area contributed by atoms with Gasteiger partial charge in [-0.3, -0.25) is 0 Å². The number of ether oxygens (including phenoxy) is 1. The third-order valence-corrected chi connectivity index (χ3v) is 3.89. The monoisotopic (exact) mass is 281 g/mol. The Labute approximate surface area is 121 Å². The minimum Gasteiger partial charge on any atom is -0.388 e. The van der Waals surface area contributed by atoms with Gasteiger partial charge in [-0.2, -0.15) is 12.6 Å². The van der Waals surface area contributed by atoms with Crippen LogP contribution in [0.5, 0.6) is 0 Å². The zero-order chi connectivity index (χ0) is 14.0. The molecule has 0 spiro atoms. The SMILES string of the molecule is CC(S)c1ccc(N2CCOC(C(C)(C)O)C2)cc1. The molecular formula is C15H23NO2S. The summed E-state index contributed by atoms with van der Waals surface area (Å²) in [7, 11) is 0. The van der Waals surface area contributed by atoms with E-state index in [0.717, 1.165) is 13.1 Å². The molecule has 0 aliphatic carbocycles. The highest BCUT2D eigenvalue weighted by atomic mass is 32.1. The third-order valence-electron chi connectivity index (χ3n) is 3.60. The third kappa shape index (κ3) is 3.65. The van der Waals surface area contributed by atoms with Gasteiger partial charge in [0.05, 0.1) is 12.2 Å². The molecule has 1 heterocycles. The average molecular weight is 281 g/mol. The summed E-state index contributed by atoms with van der Waals surface area (Å²) < 4.78 is 5.65. The first-order valence-corrected chi connectivity index (χ1v) is 7.26. The second-order valence-corrected chi connectivity index (χ2v) is 6.50. The first-order valence-electron chi connectivity index (χ1n) is 6.75. The van der Waals surface area contributed by atoms with E-state index >= 15 is 0 Å². The maximum absolute atomic E-state index is 10.1. The largest absolute Gasteiger partial charge is 0.388 e. The van der Waals surface area contributed by atoms with Gasteiger partial charge in [0.2, 0.25) is 0 Å². The van der Waals surface area contributed by atoms with E-state index in [0.29, 0.717) is 6.61 Å². The van der Waals surface area contributed by atoms with Crippen molar-refractivity contribution in [2.24, 2.45) is 0 Å². The number of nitrogens with zero attached hydrogens (tertiary/aromatic N) is 1. The van der Waals surface area contributed by atoms with Gasteiger partial charge in [0.25, 0.3) is 0 Å². The fourth-order valence-corrected chi connectivity index (χ4v) is 2.45. The molecule has 0 bridgehead atoms. The standard InChI is InChI=1S/C15H23NO2S/c1-11(19)12-4-6-13(7-5-12)16-8-9-18-14(10-16)15(2,3)17/h4-7,11,14,17,19H,8-10H2,1-3H3. The number of benzene rings is 1. The van der Waals surface area contributed by atoms with Crippen molar-refractivity contribution >= 4 is 18.3 Å². The zero-order valence-corrected chi connectivity index (χ0v) is 12.7. The number of thiol groups is 1. The smallest absolute Gasteiger partial charge is 0.103 e. The van der Waals surface area contributed by atoms with Crippen molar-refractivity contribution in [1.82, 2.24) is 0 Å². The molecule has 2 unspecified atom stereocenters. The molecule has 106 valence electrons. The van der Waals surface area contributed by atoms with Crippen molar-refractivity contribution in [3.63, 3.8) is 0 Å². The first kappa shape index (κ1) is 14.7. The van der Waals surface area contributed by atoms with Crippen LogP contribution in [0.4, 0.5) is 5.69 Å². The molecule has 2 atom stereocenters. The van der Waals surface area contributed by atoms with Gasteiger partial charge < -0.3 is 14.7 Å². The Morgan fingerprint density at radius 3 is 2.53 bits per heavy atom. The quantitative estimate of drug-likeness (QED) is 0.836. The van der Waals surface area contributed by atoms with Gasteiger partial charge in [-0.25, -0.2) is 0 Å². The van der Waals surface area contributed by atoms with Crippen LogP contribution >= 0.6 is 12.6 Å². The van der Waals surface area contributed by atoms with Crippen LogP contribution in [0.3, 0.4) is 0 Å². The van der Waals surface area contributed by atoms with Crippen LogP contribution in [-0.2, 0) is 4.74 Å². The molecule has 19 heavy (non-hydrogen) atoms. The van der Waals surface area contributed by atoms with Crippen LogP contribution in [0.1, 0.15) is 31.6 Å². The maximum atomic E-state index is 10.1. The second kappa shape index (κ2) is 5.73. The molecule has 1 aromatic rings. The lowest BCUT2D eigenvalue weighted by Crippen LogP contribution is -2.52. The Kier molecular flexibility index (Phi) is 4.43. The van der Waals surface area contributed by atoms with Crippen molar-refractivity contribution in [3.05, 3.63) is 29.8 Å². The predicted molar refractivity (Wildman–Crippen MR) is 82.1 cm³/mol. The molecule has 0 saturated carbocycles. The summed E-state index contributed by atoms with van der Waals surface area (Å²) in [5.74, 6) is 0. The van der Waals surface area contributed by atoms with Gasteiger partial charge in [-0.15, -0.1) is 0 Å². The van der Waals surface area contributed by atoms with E-state index in [-0.39, 0.29) is 11.4 Å². The zero-order valence-electron chi connectivity index (χ0n) is 11.8. The molecule has 0 radical (unpaired) electrons. The molecule has 1 aromatic carbocycles. The number of hydrogen-bond donors (Lipinski definition) is 2. The molecule has 0 aromatic heterocycles. The number of anilines is 1. The van der Waals surface area contributed by atoms with Crippen LogP contribution in [0, 0.1) is 0 Å². The van der Waals surface area contributed by atoms with Gasteiger partial charge in [-0.1, -0.05) is 12.1 Å². The molecule has 4 heteroatoms. The van der Waals surface area contributed by atoms with Crippen molar-refractivity contribution < 1.29 is 9.84 Å². The lowest BCUT2D eigenvalue weighted by atomic mass is 10.00. The molecule has 2 rings (SSSR count). The first-order chi connectivity index (χ1) is 8.88. The van der Waals surface area contributed by atoms with Gasteiger partial charge in [-0.05, 0) is 38.5 Å². The van der Waals surface area contributed by atoms with Gasteiger partial charge >= 0.3 is 0 Å². The average Bonchev–Trinajstić information content (AvgIpc) is 2.38. The van der Waals surface area contributed by atoms with E-state index in [4.69, 9.17) is 4.74 Å². The molecule has 0 amide bonds. The Morgan fingerprint density at radius 1 is 1.37 bits per heavy atom. The van der Waals surface area contributed by atoms with Crippen LogP contribution < -0.4 is 4.90 Å². The number of aliphatic hydroxyl groups is 1. The lowest BCUT2D eigenvalue weighted by Gasteiger charge is -2.39. The molecule has 1 fully saturated rings. The van der Waals surface area contributed by atoms with Gasteiger partial charge in [0.15, 0.2) is 0 Å². The normalized spacial score (nSPS) is 22.4. The minimum absolute atomic E-state index is 0.148. The summed E-state index contributed by atoms with van der Waals surface area (Å²) in [6, 6.07) is 8.47. The fourth-order valence-electron chi connectivity index (χ4n) is 2.27. The summed E-state index contributed by atoms with van der Waals surface area (Å²) in [4.78, 5) is 2.26. The highest BCUT2D eigenvalue weighted by Crippen LogP contribution is 2.25. The minimum atomic E-state index is -0.807. The fraction of sp³-hybridized carbons (Fsp3) is 0.600. The maximum Gasteiger partial charge on any atom is 0.103 e. The lowest BCUT2D eigenvalue weighted by molar-refractivity contribution is -0.0927. The molecule has 1 aliphatic rings. The highest BCUT2D eigenvalue weighted by Gasteiger charge is 2.32. The van der Waals surface area contributed by atoms with Crippen LogP contribution in [0.15, 0.2) is 24.3 Å². The van der Waals surface area contributed by atoms with E-state index < -0.39 is 5.60 Å². The summed E-state index contributed by atoms with van der Waals surface area (Å²) in [6.45, 7) is 7.90. The molecule has 1 aliphatic heterocycles. The molecule has 1 N–H and O–H groups in total. The summed E-state index contributed by atoms with van der Waals surface area (Å²) in [5.41, 5.74) is 1.59. The molecule has 3 nitrogen and oxygen atoms in total. The van der Waals surface area contributed by atoms with Gasteiger partial charge in [0.1, 0.15) is 6.10 Å². The van der Waals surface area contributed by atoms with E-state index in [1.165, 1.54) is 11.3 Å². The summed E-state index contributed by atoms with van der Waals surface area (Å²) in [5, 5.41) is 10.3. The van der Waals surface area contributed by atoms with E-state index in [9.17, 15) is 5.11 Å². The molecule has 1 saturated heterocycles. The Morgan fingerprint density at radius 2 is 2.00 bits per heavy atom. The second-order valence-electron chi connectivity index (χ2n) is 5.73. The number of rotatable bonds is 3. The van der Waals surface area contributed by atoms with Crippen LogP contribution in [-0.4, -0.2) is 36.5 Å². The van der Waals surface area contributed by atoms with Crippen LogP contribution in [0.25, 0.3) is 0 Å². The van der Waals surface area contributed by atoms with E-state index in [2.05, 4.69) is 48.7 Å². The van der Waals surface area contributed by atoms with Crippen molar-refractivity contribution in [3.8, 4) is 0 Å². The topological polar surface area (TPSA) is 32.7 Å². The number of morpholine rings is 1. The Balaban J connectivity index is 2.09. The Bertz CT molecular complexity index is 411. The Hall–Kier alpha value is -0.710. The van der Waals surface area contributed by atoms with Crippen molar-refractivity contribution in [2.75, 3.05) is 24.6 Å². The van der Waals surface area contributed by atoms with Crippen LogP contribution in [0.2, 0.25) is 0 Å². The summed E-state index contributed by atoms with van der Waals surface area (Å²) >= 11 is 4.43. The van der Waals surface area contributed by atoms with Gasteiger partial charge in [0, 0.05) is 24.0 Å². The predicted octanol–water partition coefficient (Wildman–Crippen LogP) is 2.65. The highest BCUT2D eigenvalue weighted by molar-refractivity contribution is 7.80. The van der Waals surface area contributed by atoms with E-state index in [1.54, 1.807) is 13.8 Å². The molecular weight excluding hydrogens is 258 g/mol. The van der Waals surface area contributed by atoms with Crippen molar-refractivity contribution in [2.45, 2.75) is 37.7 Å². The van der Waals surface area contributed by atoms with E-state index in [1.807, 2.05) is 0 Å². The number of hydrogen-bond acceptors (Lipinski definition) is 4. The summed E-state index contributed by atoms with van der Waals surface area (Å²) in [6.07, 6.45) is -0.148.